The first kappa shape index (κ1) is 23.2. The number of aromatic nitrogens is 4. The molecule has 0 radical (unpaired) electrons. The maximum Gasteiger partial charge on any atom is 0.335 e. The van der Waals surface area contributed by atoms with Gasteiger partial charge in [0, 0.05) is 18.7 Å². The Hall–Kier alpha value is -4.17. The van der Waals surface area contributed by atoms with Crippen LogP contribution < -0.4 is 5.32 Å². The number of halogens is 1. The molecular weight excluding hydrogens is 490 g/mol. The lowest BCUT2D eigenvalue weighted by Crippen LogP contribution is -2.51. The van der Waals surface area contributed by atoms with Gasteiger partial charge in [-0.05, 0) is 74.4 Å². The highest BCUT2D eigenvalue weighted by molar-refractivity contribution is 6.34. The normalized spacial score (nSPS) is 17.2. The molecule has 0 unspecified atom stereocenters. The summed E-state index contributed by atoms with van der Waals surface area (Å²) in [6.45, 7) is 4.73. The Morgan fingerprint density at radius 3 is 2.68 bits per heavy atom. The molecule has 0 bridgehead atoms. The third kappa shape index (κ3) is 4.03. The van der Waals surface area contributed by atoms with Crippen LogP contribution in [0.4, 0.5) is 0 Å². The van der Waals surface area contributed by atoms with Crippen molar-refractivity contribution in [2.24, 2.45) is 0 Å². The van der Waals surface area contributed by atoms with Gasteiger partial charge >= 0.3 is 5.97 Å². The van der Waals surface area contributed by atoms with E-state index < -0.39 is 11.5 Å². The van der Waals surface area contributed by atoms with Crippen LogP contribution in [-0.2, 0) is 13.0 Å². The van der Waals surface area contributed by atoms with Crippen molar-refractivity contribution in [2.45, 2.75) is 38.8 Å². The summed E-state index contributed by atoms with van der Waals surface area (Å²) >= 11 is 6.59. The average Bonchev–Trinajstić information content (AvgIpc) is 3.43. The molecule has 0 saturated carbocycles. The quantitative estimate of drug-likeness (QED) is 0.345. The molecule has 1 aliphatic heterocycles. The maximum atomic E-state index is 13.3. The van der Waals surface area contributed by atoms with E-state index >= 15 is 0 Å². The van der Waals surface area contributed by atoms with Crippen molar-refractivity contribution in [3.05, 3.63) is 88.5 Å². The predicted molar refractivity (Wildman–Crippen MR) is 142 cm³/mol. The van der Waals surface area contributed by atoms with Crippen LogP contribution in [0, 0.1) is 6.92 Å². The smallest absolute Gasteiger partial charge is 0.335 e. The number of nitrogens with zero attached hydrogens (tertiary/aromatic N) is 4. The summed E-state index contributed by atoms with van der Waals surface area (Å²) in [6.07, 6.45) is 3.15. The Morgan fingerprint density at radius 1 is 1.05 bits per heavy atom. The monoisotopic (exact) mass is 513 g/mol. The molecule has 0 fully saturated rings. The number of aromatic carboxylic acids is 1. The number of carbonyl (C=O) groups is 2. The van der Waals surface area contributed by atoms with Crippen LogP contribution in [0.25, 0.3) is 27.8 Å². The molecule has 37 heavy (non-hydrogen) atoms. The second-order valence-electron chi connectivity index (χ2n) is 9.91. The second kappa shape index (κ2) is 8.45. The van der Waals surface area contributed by atoms with Crippen LogP contribution in [-0.4, -0.2) is 41.6 Å². The van der Waals surface area contributed by atoms with Crippen molar-refractivity contribution >= 4 is 45.5 Å². The Labute approximate surface area is 217 Å². The minimum absolute atomic E-state index is 0.168. The first-order chi connectivity index (χ1) is 17.7. The molecule has 3 heterocycles. The zero-order chi connectivity index (χ0) is 25.9. The molecule has 8 nitrogen and oxygen atoms in total. The number of carboxylic acids is 1. The summed E-state index contributed by atoms with van der Waals surface area (Å²) in [7, 11) is 0. The van der Waals surface area contributed by atoms with Gasteiger partial charge in [-0.2, -0.15) is 0 Å². The molecular formula is C28H24ClN5O3. The summed E-state index contributed by atoms with van der Waals surface area (Å²) in [5.74, 6) is -0.221. The predicted octanol–water partition coefficient (Wildman–Crippen LogP) is 5.17. The number of rotatable bonds is 4. The van der Waals surface area contributed by atoms with Crippen LogP contribution in [0.1, 0.15) is 45.4 Å². The van der Waals surface area contributed by atoms with E-state index in [-0.39, 0.29) is 11.5 Å². The van der Waals surface area contributed by atoms with Gasteiger partial charge in [0.15, 0.2) is 0 Å². The van der Waals surface area contributed by atoms with Crippen molar-refractivity contribution in [1.29, 1.82) is 0 Å². The molecule has 1 aliphatic rings. The summed E-state index contributed by atoms with van der Waals surface area (Å²) in [4.78, 5) is 33.9. The number of hydrogen-bond acceptors (Lipinski definition) is 4. The van der Waals surface area contributed by atoms with E-state index in [9.17, 15) is 14.7 Å². The number of carbonyl (C=O) groups excluding carboxylic acids is 1. The molecule has 1 amide bonds. The largest absolute Gasteiger partial charge is 0.478 e. The lowest BCUT2D eigenvalue weighted by Gasteiger charge is -2.35. The van der Waals surface area contributed by atoms with Crippen LogP contribution in [0.5, 0.6) is 0 Å². The van der Waals surface area contributed by atoms with Crippen molar-refractivity contribution in [3.8, 4) is 5.69 Å². The van der Waals surface area contributed by atoms with Gasteiger partial charge in [-0.15, -0.1) is 0 Å². The number of aryl methyl sites for hydroxylation is 2. The molecule has 2 aromatic heterocycles. The molecule has 5 aromatic rings. The van der Waals surface area contributed by atoms with Crippen molar-refractivity contribution in [3.63, 3.8) is 0 Å². The fourth-order valence-corrected chi connectivity index (χ4v) is 5.36. The van der Waals surface area contributed by atoms with Gasteiger partial charge in [0.05, 0.1) is 43.8 Å². The van der Waals surface area contributed by atoms with Crippen LogP contribution in [0.2, 0.25) is 5.02 Å². The first-order valence-corrected chi connectivity index (χ1v) is 12.4. The summed E-state index contributed by atoms with van der Waals surface area (Å²) in [6, 6.07) is 16.2. The van der Waals surface area contributed by atoms with E-state index in [4.69, 9.17) is 16.6 Å². The summed E-state index contributed by atoms with van der Waals surface area (Å²) in [5, 5.41) is 12.9. The van der Waals surface area contributed by atoms with Gasteiger partial charge in [0.25, 0.3) is 5.91 Å². The van der Waals surface area contributed by atoms with E-state index in [2.05, 4.69) is 40.0 Å². The van der Waals surface area contributed by atoms with Gasteiger partial charge in [-0.1, -0.05) is 17.7 Å². The lowest BCUT2D eigenvalue weighted by molar-refractivity contribution is 0.0696. The molecule has 9 heteroatoms. The first-order valence-electron chi connectivity index (χ1n) is 12.0. The van der Waals surface area contributed by atoms with E-state index in [0.29, 0.717) is 33.9 Å². The molecule has 0 spiro atoms. The van der Waals surface area contributed by atoms with Crippen molar-refractivity contribution in [1.82, 2.24) is 24.4 Å². The van der Waals surface area contributed by atoms with E-state index in [0.717, 1.165) is 29.7 Å². The molecule has 186 valence electrons. The fraction of sp³-hybridized carbons (Fsp3) is 0.214. The molecule has 1 atom stereocenters. The van der Waals surface area contributed by atoms with Gasteiger partial charge in [-0.3, -0.25) is 9.36 Å². The Morgan fingerprint density at radius 2 is 1.89 bits per heavy atom. The minimum Gasteiger partial charge on any atom is -0.478 e. The van der Waals surface area contributed by atoms with E-state index in [1.54, 1.807) is 41.2 Å². The van der Waals surface area contributed by atoms with E-state index in [1.807, 2.05) is 6.92 Å². The van der Waals surface area contributed by atoms with Crippen LogP contribution in [0.15, 0.2) is 60.9 Å². The van der Waals surface area contributed by atoms with E-state index in [1.165, 1.54) is 11.6 Å². The lowest BCUT2D eigenvalue weighted by atomic mass is 9.91. The Balaban J connectivity index is 1.26. The third-order valence-corrected chi connectivity index (χ3v) is 7.39. The highest BCUT2D eigenvalue weighted by Crippen LogP contribution is 2.30. The van der Waals surface area contributed by atoms with Crippen molar-refractivity contribution < 1.29 is 14.7 Å². The van der Waals surface area contributed by atoms with Gasteiger partial charge < -0.3 is 15.0 Å². The zero-order valence-corrected chi connectivity index (χ0v) is 21.1. The second-order valence-corrected chi connectivity index (χ2v) is 10.3. The van der Waals surface area contributed by atoms with Gasteiger partial charge in [0.2, 0.25) is 0 Å². The zero-order valence-electron chi connectivity index (χ0n) is 20.3. The highest BCUT2D eigenvalue weighted by atomic mass is 35.5. The van der Waals surface area contributed by atoms with Gasteiger partial charge in [0.1, 0.15) is 12.2 Å². The number of carboxylic acid groups (broad SMARTS) is 1. The van der Waals surface area contributed by atoms with Crippen LogP contribution in [0.3, 0.4) is 0 Å². The Bertz CT molecular complexity index is 1740. The SMILES string of the molecule is Cc1ccc2c(c1)nc1n2C[C@](C)(NC(=O)c2ccc(-n3cnc4ccc(C(=O)O)cc43)cc2Cl)CC1. The molecule has 0 saturated heterocycles. The number of fused-ring (bicyclic) bond motifs is 4. The standard InChI is InChI=1S/C28H24ClN5O3/c1-16-3-8-23-22(11-16)31-25-9-10-28(2,14-33(23)25)32-26(35)19-6-5-18(13-20(19)29)34-15-30-21-7-4-17(27(36)37)12-24(21)34/h3-8,11-13,15H,9-10,14H2,1-2H3,(H,32,35)(H,36,37)/t28-/m1/s1. The Kier molecular flexibility index (Phi) is 5.31. The number of nitrogens with one attached hydrogen (secondary N) is 1. The average molecular weight is 514 g/mol. The molecule has 6 rings (SSSR count). The van der Waals surface area contributed by atoms with Gasteiger partial charge in [-0.25, -0.2) is 14.8 Å². The molecule has 0 aliphatic carbocycles. The fourth-order valence-electron chi connectivity index (χ4n) is 5.10. The summed E-state index contributed by atoms with van der Waals surface area (Å²) in [5.41, 5.74) is 5.28. The van der Waals surface area contributed by atoms with Crippen LogP contribution >= 0.6 is 11.6 Å². The minimum atomic E-state index is -1.01. The molecule has 2 N–H and O–H groups in total. The maximum absolute atomic E-state index is 13.3. The third-order valence-electron chi connectivity index (χ3n) is 7.08. The number of hydrogen-bond donors (Lipinski definition) is 2. The topological polar surface area (TPSA) is 102 Å². The number of imidazole rings is 2. The van der Waals surface area contributed by atoms with Crippen molar-refractivity contribution in [2.75, 3.05) is 0 Å². The number of benzene rings is 3. The summed E-state index contributed by atoms with van der Waals surface area (Å²) < 4.78 is 3.95. The number of amides is 1. The molecule has 3 aromatic carbocycles. The highest BCUT2D eigenvalue weighted by Gasteiger charge is 2.33.